The van der Waals surface area contributed by atoms with Gasteiger partial charge in [0.15, 0.2) is 5.82 Å². The van der Waals surface area contributed by atoms with Crippen molar-refractivity contribution >= 4 is 23.0 Å². The summed E-state index contributed by atoms with van der Waals surface area (Å²) in [5.74, 6) is -0.0598. The summed E-state index contributed by atoms with van der Waals surface area (Å²) in [6.45, 7) is 0. The number of hydrogen-bond donors (Lipinski definition) is 1. The summed E-state index contributed by atoms with van der Waals surface area (Å²) < 4.78 is 1.73. The zero-order chi connectivity index (χ0) is 19.6. The molecule has 2 aromatic carbocycles. The van der Waals surface area contributed by atoms with Gasteiger partial charge < -0.3 is 9.88 Å². The van der Waals surface area contributed by atoms with E-state index in [0.29, 0.717) is 11.5 Å². The topological polar surface area (TPSA) is 146 Å². The Morgan fingerprint density at radius 2 is 1.63 bits per heavy atom. The molecular weight excluding hydrogens is 356 g/mol. The Hall–Kier alpha value is -4.15. The SMILES string of the molecule is Cn1cnnc1-c1ccc(NC(=O)c2cc([N+](=O)[O-])cc([N+](=O)[O-])c2)cc1. The maximum Gasteiger partial charge on any atom is 0.277 e. The van der Waals surface area contributed by atoms with Gasteiger partial charge in [0.25, 0.3) is 17.3 Å². The lowest BCUT2D eigenvalue weighted by Crippen LogP contribution is -2.12. The maximum absolute atomic E-state index is 12.3. The number of hydrogen-bond acceptors (Lipinski definition) is 7. The summed E-state index contributed by atoms with van der Waals surface area (Å²) in [4.78, 5) is 32.6. The van der Waals surface area contributed by atoms with Crippen molar-refractivity contribution in [3.8, 4) is 11.4 Å². The number of non-ortho nitro benzene ring substituents is 2. The summed E-state index contributed by atoms with van der Waals surface area (Å²) in [5.41, 5.74) is -0.0636. The van der Waals surface area contributed by atoms with Crippen LogP contribution in [0.15, 0.2) is 48.8 Å². The van der Waals surface area contributed by atoms with Gasteiger partial charge in [-0.3, -0.25) is 25.0 Å². The molecule has 1 heterocycles. The zero-order valence-electron chi connectivity index (χ0n) is 13.9. The zero-order valence-corrected chi connectivity index (χ0v) is 13.9. The molecule has 1 amide bonds. The smallest absolute Gasteiger partial charge is 0.277 e. The van der Waals surface area contributed by atoms with Gasteiger partial charge in [0, 0.05) is 30.4 Å². The summed E-state index contributed by atoms with van der Waals surface area (Å²) in [5, 5.41) is 32.2. The molecule has 0 bridgehead atoms. The van der Waals surface area contributed by atoms with Crippen LogP contribution in [0.3, 0.4) is 0 Å². The van der Waals surface area contributed by atoms with Crippen LogP contribution >= 0.6 is 0 Å². The third-order valence-corrected chi connectivity index (χ3v) is 3.70. The normalized spacial score (nSPS) is 10.4. The van der Waals surface area contributed by atoms with E-state index >= 15 is 0 Å². The fourth-order valence-corrected chi connectivity index (χ4v) is 2.39. The van der Waals surface area contributed by atoms with E-state index in [-0.39, 0.29) is 5.56 Å². The van der Waals surface area contributed by atoms with Crippen LogP contribution in [0.4, 0.5) is 17.1 Å². The van der Waals surface area contributed by atoms with Crippen molar-refractivity contribution < 1.29 is 14.6 Å². The molecule has 3 rings (SSSR count). The van der Waals surface area contributed by atoms with E-state index in [1.165, 1.54) is 0 Å². The number of rotatable bonds is 5. The van der Waals surface area contributed by atoms with E-state index in [2.05, 4.69) is 15.5 Å². The predicted octanol–water partition coefficient (Wildman–Crippen LogP) is 2.55. The van der Waals surface area contributed by atoms with Crippen LogP contribution in [-0.2, 0) is 7.05 Å². The lowest BCUT2D eigenvalue weighted by Gasteiger charge is -2.07. The lowest BCUT2D eigenvalue weighted by molar-refractivity contribution is -0.394. The number of amides is 1. The number of nitro groups is 2. The number of carbonyl (C=O) groups excluding carboxylic acids is 1. The Morgan fingerprint density at radius 1 is 1.04 bits per heavy atom. The molecular formula is C16H12N6O5. The molecule has 0 unspecified atom stereocenters. The molecule has 11 heteroatoms. The Bertz CT molecular complexity index is 1010. The van der Waals surface area contributed by atoms with Crippen molar-refractivity contribution in [3.05, 3.63) is 74.6 Å². The van der Waals surface area contributed by atoms with Gasteiger partial charge in [-0.1, -0.05) is 0 Å². The lowest BCUT2D eigenvalue weighted by atomic mass is 10.1. The number of nitrogens with one attached hydrogen (secondary N) is 1. The first-order valence-electron chi connectivity index (χ1n) is 7.55. The van der Waals surface area contributed by atoms with Gasteiger partial charge in [-0.25, -0.2) is 0 Å². The number of aryl methyl sites for hydroxylation is 1. The third kappa shape index (κ3) is 3.76. The first-order chi connectivity index (χ1) is 12.8. The predicted molar refractivity (Wildman–Crippen MR) is 94.1 cm³/mol. The Morgan fingerprint density at radius 3 is 2.11 bits per heavy atom. The average Bonchev–Trinajstić information content (AvgIpc) is 3.07. The second kappa shape index (κ2) is 7.00. The van der Waals surface area contributed by atoms with Gasteiger partial charge in [0.05, 0.1) is 21.5 Å². The van der Waals surface area contributed by atoms with E-state index in [4.69, 9.17) is 0 Å². The number of benzene rings is 2. The Labute approximate surface area is 151 Å². The number of carbonyl (C=O) groups is 1. The van der Waals surface area contributed by atoms with Crippen LogP contribution < -0.4 is 5.32 Å². The number of aromatic nitrogens is 3. The minimum atomic E-state index is -0.792. The van der Waals surface area contributed by atoms with Crippen molar-refractivity contribution in [1.29, 1.82) is 0 Å². The van der Waals surface area contributed by atoms with Crippen LogP contribution in [-0.4, -0.2) is 30.5 Å². The summed E-state index contributed by atoms with van der Waals surface area (Å²) in [6, 6.07) is 9.44. The maximum atomic E-state index is 12.3. The van der Waals surface area contributed by atoms with Crippen molar-refractivity contribution in [2.45, 2.75) is 0 Å². The summed E-state index contributed by atoms with van der Waals surface area (Å²) in [7, 11) is 1.79. The van der Waals surface area contributed by atoms with E-state index in [9.17, 15) is 25.0 Å². The minimum Gasteiger partial charge on any atom is -0.322 e. The van der Waals surface area contributed by atoms with Gasteiger partial charge in [-0.15, -0.1) is 10.2 Å². The van der Waals surface area contributed by atoms with Crippen LogP contribution in [0.2, 0.25) is 0 Å². The number of anilines is 1. The molecule has 0 fully saturated rings. The average molecular weight is 368 g/mol. The molecule has 0 aliphatic heterocycles. The van der Waals surface area contributed by atoms with Gasteiger partial charge in [0.1, 0.15) is 6.33 Å². The van der Waals surface area contributed by atoms with Crippen molar-refractivity contribution in [2.24, 2.45) is 7.05 Å². The number of nitro benzene ring substituents is 2. The highest BCUT2D eigenvalue weighted by atomic mass is 16.6. The first kappa shape index (κ1) is 17.7. The molecule has 0 aliphatic rings. The van der Waals surface area contributed by atoms with Crippen LogP contribution in [0.1, 0.15) is 10.4 Å². The van der Waals surface area contributed by atoms with Gasteiger partial charge in [-0.2, -0.15) is 0 Å². The molecule has 0 aliphatic carbocycles. The van der Waals surface area contributed by atoms with Crippen molar-refractivity contribution in [1.82, 2.24) is 14.8 Å². The molecule has 3 aromatic rings. The van der Waals surface area contributed by atoms with Gasteiger partial charge in [-0.05, 0) is 24.3 Å². The third-order valence-electron chi connectivity index (χ3n) is 3.70. The van der Waals surface area contributed by atoms with Crippen LogP contribution in [0.25, 0.3) is 11.4 Å². The van der Waals surface area contributed by atoms with Crippen LogP contribution in [0.5, 0.6) is 0 Å². The molecule has 0 saturated heterocycles. The number of nitrogens with zero attached hydrogens (tertiary/aromatic N) is 5. The monoisotopic (exact) mass is 368 g/mol. The Balaban J connectivity index is 1.84. The fourth-order valence-electron chi connectivity index (χ4n) is 2.39. The summed E-state index contributed by atoms with van der Waals surface area (Å²) >= 11 is 0. The second-order valence-electron chi connectivity index (χ2n) is 5.55. The first-order valence-corrected chi connectivity index (χ1v) is 7.55. The van der Waals surface area contributed by atoms with E-state index in [1.54, 1.807) is 42.2 Å². The molecule has 0 atom stereocenters. The van der Waals surface area contributed by atoms with E-state index in [1.807, 2.05) is 0 Å². The fraction of sp³-hybridized carbons (Fsp3) is 0.0625. The quantitative estimate of drug-likeness (QED) is 0.537. The molecule has 136 valence electrons. The van der Waals surface area contributed by atoms with Gasteiger partial charge in [0.2, 0.25) is 0 Å². The molecule has 1 N–H and O–H groups in total. The molecule has 0 radical (unpaired) electrons. The largest absolute Gasteiger partial charge is 0.322 e. The van der Waals surface area contributed by atoms with Crippen LogP contribution in [0, 0.1) is 20.2 Å². The van der Waals surface area contributed by atoms with E-state index in [0.717, 1.165) is 23.8 Å². The van der Waals surface area contributed by atoms with Crippen molar-refractivity contribution in [2.75, 3.05) is 5.32 Å². The highest BCUT2D eigenvalue weighted by Gasteiger charge is 2.20. The van der Waals surface area contributed by atoms with Gasteiger partial charge >= 0.3 is 0 Å². The highest BCUT2D eigenvalue weighted by molar-refractivity contribution is 6.05. The molecule has 27 heavy (non-hydrogen) atoms. The van der Waals surface area contributed by atoms with E-state index < -0.39 is 27.1 Å². The second-order valence-corrected chi connectivity index (χ2v) is 5.55. The summed E-state index contributed by atoms with van der Waals surface area (Å²) in [6.07, 6.45) is 1.56. The molecule has 0 spiro atoms. The molecule has 0 saturated carbocycles. The minimum absolute atomic E-state index is 0.187. The molecule has 1 aromatic heterocycles. The Kier molecular flexibility index (Phi) is 4.58. The van der Waals surface area contributed by atoms with Crippen molar-refractivity contribution in [3.63, 3.8) is 0 Å². The standard InChI is InChI=1S/C16H12N6O5/c1-20-9-17-19-15(20)10-2-4-12(5-3-10)18-16(23)11-6-13(21(24)25)8-14(7-11)22(26)27/h2-9H,1H3,(H,18,23). The molecule has 11 nitrogen and oxygen atoms in total. The highest BCUT2D eigenvalue weighted by Crippen LogP contribution is 2.24.